The molecule has 2 N–H and O–H groups in total. The molecule has 3 nitrogen and oxygen atoms in total. The fourth-order valence-corrected chi connectivity index (χ4v) is 1.59. The topological polar surface area (TPSA) is 41.1 Å². The molecule has 1 aliphatic heterocycles. The molecule has 1 aromatic carbocycles. The second kappa shape index (κ2) is 4.57. The highest BCUT2D eigenvalue weighted by atomic mass is 19.1. The third-order valence-corrected chi connectivity index (χ3v) is 2.49. The Morgan fingerprint density at radius 1 is 1.31 bits per heavy atom. The first-order valence-corrected chi connectivity index (χ1v) is 5.10. The van der Waals surface area contributed by atoms with Crippen LogP contribution in [0.3, 0.4) is 0 Å². The zero-order valence-electron chi connectivity index (χ0n) is 8.59. The molecule has 2 rings (SSSR count). The quantitative estimate of drug-likeness (QED) is 0.820. The van der Waals surface area contributed by atoms with Crippen molar-refractivity contribution in [2.45, 2.75) is 6.42 Å². The molecule has 16 heavy (non-hydrogen) atoms. The first-order valence-electron chi connectivity index (χ1n) is 5.10. The highest BCUT2D eigenvalue weighted by molar-refractivity contribution is 5.90. The SMILES string of the molecule is O=C(CC1CNC1)Nc1cc(F)cc(F)c1. The first kappa shape index (κ1) is 11.0. The molecule has 0 aliphatic carbocycles. The second-order valence-corrected chi connectivity index (χ2v) is 3.93. The monoisotopic (exact) mass is 226 g/mol. The van der Waals surface area contributed by atoms with E-state index in [2.05, 4.69) is 10.6 Å². The molecular weight excluding hydrogens is 214 g/mol. The maximum Gasteiger partial charge on any atom is 0.224 e. The van der Waals surface area contributed by atoms with Crippen LogP contribution in [0.15, 0.2) is 18.2 Å². The van der Waals surface area contributed by atoms with E-state index in [4.69, 9.17) is 0 Å². The Labute approximate surface area is 91.8 Å². The Bertz CT molecular complexity index is 385. The van der Waals surface area contributed by atoms with Gasteiger partial charge in [-0.05, 0) is 31.1 Å². The highest BCUT2D eigenvalue weighted by Gasteiger charge is 2.20. The van der Waals surface area contributed by atoms with E-state index in [1.807, 2.05) is 0 Å². The van der Waals surface area contributed by atoms with Crippen molar-refractivity contribution < 1.29 is 13.6 Å². The lowest BCUT2D eigenvalue weighted by molar-refractivity contribution is -0.117. The van der Waals surface area contributed by atoms with Crippen molar-refractivity contribution in [3.05, 3.63) is 29.8 Å². The van der Waals surface area contributed by atoms with Crippen molar-refractivity contribution in [2.75, 3.05) is 18.4 Å². The summed E-state index contributed by atoms with van der Waals surface area (Å²) in [4.78, 5) is 11.5. The summed E-state index contributed by atoms with van der Waals surface area (Å²) >= 11 is 0. The van der Waals surface area contributed by atoms with Gasteiger partial charge in [0.25, 0.3) is 0 Å². The van der Waals surface area contributed by atoms with Crippen LogP contribution in [0, 0.1) is 17.6 Å². The van der Waals surface area contributed by atoms with E-state index >= 15 is 0 Å². The highest BCUT2D eigenvalue weighted by Crippen LogP contribution is 2.15. The normalized spacial score (nSPS) is 15.6. The summed E-state index contributed by atoms with van der Waals surface area (Å²) in [5.41, 5.74) is 0.162. The number of carbonyl (C=O) groups is 1. The van der Waals surface area contributed by atoms with Crippen LogP contribution in [-0.4, -0.2) is 19.0 Å². The van der Waals surface area contributed by atoms with Crippen molar-refractivity contribution in [1.82, 2.24) is 5.32 Å². The van der Waals surface area contributed by atoms with Gasteiger partial charge in [-0.2, -0.15) is 0 Å². The van der Waals surface area contributed by atoms with Gasteiger partial charge >= 0.3 is 0 Å². The molecule has 0 bridgehead atoms. The van der Waals surface area contributed by atoms with Gasteiger partial charge in [-0.3, -0.25) is 4.79 Å². The third kappa shape index (κ3) is 2.76. The molecule has 1 amide bonds. The van der Waals surface area contributed by atoms with Crippen molar-refractivity contribution in [3.8, 4) is 0 Å². The van der Waals surface area contributed by atoms with Crippen LogP contribution in [0.1, 0.15) is 6.42 Å². The average molecular weight is 226 g/mol. The lowest BCUT2D eigenvalue weighted by atomic mass is 9.99. The van der Waals surface area contributed by atoms with Gasteiger partial charge in [-0.1, -0.05) is 0 Å². The van der Waals surface area contributed by atoms with Gasteiger partial charge in [0.05, 0.1) is 0 Å². The Morgan fingerprint density at radius 3 is 2.44 bits per heavy atom. The Balaban J connectivity index is 1.94. The predicted octanol–water partition coefficient (Wildman–Crippen LogP) is 1.51. The smallest absolute Gasteiger partial charge is 0.224 e. The van der Waals surface area contributed by atoms with Gasteiger partial charge in [-0.15, -0.1) is 0 Å². The van der Waals surface area contributed by atoms with Gasteiger partial charge < -0.3 is 10.6 Å². The van der Waals surface area contributed by atoms with Crippen LogP contribution in [0.4, 0.5) is 14.5 Å². The van der Waals surface area contributed by atoms with Crippen LogP contribution in [0.2, 0.25) is 0 Å². The minimum Gasteiger partial charge on any atom is -0.326 e. The predicted molar refractivity (Wildman–Crippen MR) is 56.0 cm³/mol. The standard InChI is InChI=1S/C11H12F2N2O/c12-8-2-9(13)4-10(3-8)15-11(16)1-7-5-14-6-7/h2-4,7,14H,1,5-6H2,(H,15,16). The third-order valence-electron chi connectivity index (χ3n) is 2.49. The number of halogens is 2. The van der Waals surface area contributed by atoms with E-state index in [0.29, 0.717) is 12.3 Å². The number of amides is 1. The van der Waals surface area contributed by atoms with E-state index in [-0.39, 0.29) is 11.6 Å². The Morgan fingerprint density at radius 2 is 1.94 bits per heavy atom. The van der Waals surface area contributed by atoms with Crippen molar-refractivity contribution >= 4 is 11.6 Å². The molecule has 0 radical (unpaired) electrons. The molecule has 1 aliphatic rings. The molecule has 1 fully saturated rings. The number of hydrogen-bond donors (Lipinski definition) is 2. The van der Waals surface area contributed by atoms with Crippen LogP contribution in [0.25, 0.3) is 0 Å². The van der Waals surface area contributed by atoms with Crippen LogP contribution in [-0.2, 0) is 4.79 Å². The Kier molecular flexibility index (Phi) is 3.14. The molecule has 0 spiro atoms. The number of hydrogen-bond acceptors (Lipinski definition) is 2. The summed E-state index contributed by atoms with van der Waals surface area (Å²) < 4.78 is 25.6. The first-order chi connectivity index (χ1) is 7.63. The van der Waals surface area contributed by atoms with Crippen molar-refractivity contribution in [2.24, 2.45) is 5.92 Å². The molecule has 1 saturated heterocycles. The van der Waals surface area contributed by atoms with Crippen molar-refractivity contribution in [1.29, 1.82) is 0 Å². The fourth-order valence-electron chi connectivity index (χ4n) is 1.59. The molecule has 86 valence electrons. The van der Waals surface area contributed by atoms with Crippen LogP contribution in [0.5, 0.6) is 0 Å². The zero-order chi connectivity index (χ0) is 11.5. The average Bonchev–Trinajstić information content (AvgIpc) is 2.09. The number of carbonyl (C=O) groups excluding carboxylic acids is 1. The summed E-state index contributed by atoms with van der Waals surface area (Å²) in [5.74, 6) is -1.27. The number of benzene rings is 1. The molecule has 1 heterocycles. The molecule has 0 aromatic heterocycles. The van der Waals surface area contributed by atoms with Gasteiger partial charge in [0.2, 0.25) is 5.91 Å². The largest absolute Gasteiger partial charge is 0.326 e. The molecule has 5 heteroatoms. The van der Waals surface area contributed by atoms with Gasteiger partial charge in [0, 0.05) is 18.2 Å². The molecule has 0 atom stereocenters. The van der Waals surface area contributed by atoms with E-state index in [1.54, 1.807) is 0 Å². The van der Waals surface area contributed by atoms with E-state index < -0.39 is 11.6 Å². The Hall–Kier alpha value is -1.49. The minimum absolute atomic E-state index is 0.162. The molecule has 0 saturated carbocycles. The summed E-state index contributed by atoms with van der Waals surface area (Å²) in [6.45, 7) is 1.65. The van der Waals surface area contributed by atoms with Crippen molar-refractivity contribution in [3.63, 3.8) is 0 Å². The summed E-state index contributed by atoms with van der Waals surface area (Å²) in [5, 5.41) is 5.52. The molecule has 1 aromatic rings. The maximum absolute atomic E-state index is 12.8. The van der Waals surface area contributed by atoms with Gasteiger partial charge in [0.1, 0.15) is 11.6 Å². The van der Waals surface area contributed by atoms with Crippen LogP contribution >= 0.6 is 0 Å². The molecular formula is C11H12F2N2O. The molecule has 0 unspecified atom stereocenters. The minimum atomic E-state index is -0.694. The van der Waals surface area contributed by atoms with Gasteiger partial charge in [-0.25, -0.2) is 8.78 Å². The number of rotatable bonds is 3. The van der Waals surface area contributed by atoms with Crippen LogP contribution < -0.4 is 10.6 Å². The van der Waals surface area contributed by atoms with E-state index in [1.165, 1.54) is 0 Å². The number of nitrogens with one attached hydrogen (secondary N) is 2. The number of anilines is 1. The lowest BCUT2D eigenvalue weighted by Gasteiger charge is -2.26. The van der Waals surface area contributed by atoms with E-state index in [0.717, 1.165) is 31.3 Å². The van der Waals surface area contributed by atoms with Gasteiger partial charge in [0.15, 0.2) is 0 Å². The second-order valence-electron chi connectivity index (χ2n) is 3.93. The van der Waals surface area contributed by atoms with E-state index in [9.17, 15) is 13.6 Å². The fraction of sp³-hybridized carbons (Fsp3) is 0.364. The summed E-state index contributed by atoms with van der Waals surface area (Å²) in [6, 6.07) is 2.96. The maximum atomic E-state index is 12.8. The summed E-state index contributed by atoms with van der Waals surface area (Å²) in [7, 11) is 0. The summed E-state index contributed by atoms with van der Waals surface area (Å²) in [6.07, 6.45) is 0.380. The lowest BCUT2D eigenvalue weighted by Crippen LogP contribution is -2.43. The zero-order valence-corrected chi connectivity index (χ0v) is 8.59.